The number of nitrogens with zero attached hydrogens (tertiary/aromatic N) is 6. The van der Waals surface area contributed by atoms with Crippen molar-refractivity contribution in [3.05, 3.63) is 91.0 Å². The second-order valence-corrected chi connectivity index (χ2v) is 9.41. The summed E-state index contributed by atoms with van der Waals surface area (Å²) in [5.41, 5.74) is 0.0601. The number of hydrogen-bond acceptors (Lipinski definition) is 10. The highest BCUT2D eigenvalue weighted by Gasteiger charge is 2.35. The van der Waals surface area contributed by atoms with Crippen LogP contribution in [0.5, 0.6) is 0 Å². The molecule has 1 aliphatic heterocycles. The summed E-state index contributed by atoms with van der Waals surface area (Å²) in [6.07, 6.45) is 0.150. The van der Waals surface area contributed by atoms with Crippen LogP contribution in [0.3, 0.4) is 0 Å². The van der Waals surface area contributed by atoms with E-state index in [1.54, 1.807) is 43.3 Å². The van der Waals surface area contributed by atoms with Gasteiger partial charge in [0.05, 0.1) is 37.7 Å². The van der Waals surface area contributed by atoms with Gasteiger partial charge in [-0.15, -0.1) is 10.2 Å². The van der Waals surface area contributed by atoms with E-state index in [0.29, 0.717) is 29.9 Å². The molecule has 0 saturated carbocycles. The average molecular weight is 594 g/mol. The Kier molecular flexibility index (Phi) is 8.86. The fraction of sp³-hybridized carbons (Fsp3) is 0.222. The summed E-state index contributed by atoms with van der Waals surface area (Å²) < 4.78 is 0. The largest absolute Gasteiger partial charge is 0.370 e. The molecule has 1 heterocycles. The van der Waals surface area contributed by atoms with E-state index < -0.39 is 21.2 Å². The highest BCUT2D eigenvalue weighted by atomic mass is 35.5. The van der Waals surface area contributed by atoms with Gasteiger partial charge in [-0.3, -0.25) is 39.5 Å². The second kappa shape index (κ2) is 12.5. The number of hydrogen-bond donors (Lipinski definition) is 1. The maximum atomic E-state index is 12.8. The van der Waals surface area contributed by atoms with E-state index in [9.17, 15) is 34.6 Å². The Balaban J connectivity index is 1.62. The van der Waals surface area contributed by atoms with Gasteiger partial charge < -0.3 is 10.2 Å². The summed E-state index contributed by atoms with van der Waals surface area (Å²) in [5.74, 6) is -1.06. The second-order valence-electron chi connectivity index (χ2n) is 9.00. The van der Waals surface area contributed by atoms with Crippen LogP contribution in [-0.2, 0) is 4.79 Å². The SMILES string of the molecule is CCC(=O)Nc1cc(N(CC)CCN2C(=O)c3ccccc3C2=O)ccc1N=Nc1c(Cl)cc([N+](=O)[O-])cc1[N+](=O)[O-]. The summed E-state index contributed by atoms with van der Waals surface area (Å²) in [4.78, 5) is 61.9. The van der Waals surface area contributed by atoms with Gasteiger partial charge in [-0.25, -0.2) is 0 Å². The fourth-order valence-electron chi connectivity index (χ4n) is 4.30. The van der Waals surface area contributed by atoms with Gasteiger partial charge in [0.25, 0.3) is 17.5 Å². The molecule has 4 rings (SSSR count). The number of carbonyl (C=O) groups is 3. The molecule has 0 spiro atoms. The third-order valence-electron chi connectivity index (χ3n) is 6.49. The normalized spacial score (nSPS) is 12.5. The molecular weight excluding hydrogens is 570 g/mol. The van der Waals surface area contributed by atoms with E-state index >= 15 is 0 Å². The molecule has 0 aliphatic carbocycles. The van der Waals surface area contributed by atoms with Crippen molar-refractivity contribution in [2.75, 3.05) is 29.9 Å². The van der Waals surface area contributed by atoms with E-state index in [1.807, 2.05) is 11.8 Å². The minimum atomic E-state index is -0.858. The maximum absolute atomic E-state index is 12.8. The van der Waals surface area contributed by atoms with Gasteiger partial charge in [-0.05, 0) is 37.3 Å². The predicted molar refractivity (Wildman–Crippen MR) is 154 cm³/mol. The molecule has 1 aliphatic rings. The highest BCUT2D eigenvalue weighted by Crippen LogP contribution is 2.40. The fourth-order valence-corrected chi connectivity index (χ4v) is 4.54. The van der Waals surface area contributed by atoms with Crippen LogP contribution in [0.2, 0.25) is 5.02 Å². The van der Waals surface area contributed by atoms with Gasteiger partial charge in [-0.2, -0.15) is 0 Å². The number of anilines is 2. The number of likely N-dealkylation sites (N-methyl/N-ethyl adjacent to an activating group) is 1. The minimum absolute atomic E-state index is 0.126. The standard InChI is InChI=1S/C27H24ClN7O7/c1-3-24(36)29-22-14-16(32(4-2)11-12-33-26(37)18-7-5-6-8-19(18)27(33)38)9-10-21(22)30-31-25-20(28)13-17(34(39)40)15-23(25)35(41)42/h5-10,13-15H,3-4,11-12H2,1-2H3,(H,29,36). The molecule has 1 N–H and O–H groups in total. The van der Waals surface area contributed by atoms with Gasteiger partial charge in [-0.1, -0.05) is 30.7 Å². The zero-order chi connectivity index (χ0) is 30.6. The number of nitro groups is 2. The van der Waals surface area contributed by atoms with Crippen molar-refractivity contribution in [3.8, 4) is 0 Å². The zero-order valence-corrected chi connectivity index (χ0v) is 23.2. The van der Waals surface area contributed by atoms with Crippen molar-refractivity contribution >= 4 is 63.4 Å². The van der Waals surface area contributed by atoms with Crippen LogP contribution in [0.4, 0.5) is 34.1 Å². The van der Waals surface area contributed by atoms with Gasteiger partial charge >= 0.3 is 5.69 Å². The molecule has 3 aromatic carbocycles. The Morgan fingerprint density at radius 3 is 2.21 bits per heavy atom. The summed E-state index contributed by atoms with van der Waals surface area (Å²) >= 11 is 6.07. The Hall–Kier alpha value is -5.24. The Morgan fingerprint density at radius 2 is 1.64 bits per heavy atom. The molecule has 3 amide bonds. The van der Waals surface area contributed by atoms with E-state index in [2.05, 4.69) is 15.5 Å². The molecule has 14 nitrogen and oxygen atoms in total. The van der Waals surface area contributed by atoms with Crippen LogP contribution in [0.15, 0.2) is 64.8 Å². The van der Waals surface area contributed by atoms with Crippen molar-refractivity contribution in [1.29, 1.82) is 0 Å². The molecule has 3 aromatic rings. The van der Waals surface area contributed by atoms with E-state index in [1.165, 1.54) is 11.0 Å². The lowest BCUT2D eigenvalue weighted by Gasteiger charge is -2.26. The first kappa shape index (κ1) is 29.7. The average Bonchev–Trinajstić information content (AvgIpc) is 3.21. The third-order valence-corrected chi connectivity index (χ3v) is 6.78. The number of rotatable bonds is 11. The number of halogens is 1. The van der Waals surface area contributed by atoms with Crippen molar-refractivity contribution < 1.29 is 24.2 Å². The van der Waals surface area contributed by atoms with Crippen LogP contribution in [0.1, 0.15) is 41.0 Å². The molecule has 42 heavy (non-hydrogen) atoms. The highest BCUT2D eigenvalue weighted by molar-refractivity contribution is 6.33. The van der Waals surface area contributed by atoms with Crippen LogP contribution in [-0.4, -0.2) is 52.1 Å². The number of azo groups is 1. The first-order chi connectivity index (χ1) is 20.0. The number of benzene rings is 3. The molecule has 0 radical (unpaired) electrons. The predicted octanol–water partition coefficient (Wildman–Crippen LogP) is 6.04. The molecule has 0 aromatic heterocycles. The van der Waals surface area contributed by atoms with Gasteiger partial charge in [0.1, 0.15) is 5.69 Å². The van der Waals surface area contributed by atoms with Crippen molar-refractivity contribution in [3.63, 3.8) is 0 Å². The molecule has 0 unspecified atom stereocenters. The molecule has 216 valence electrons. The number of fused-ring (bicyclic) bond motifs is 1. The number of nitro benzene ring substituents is 2. The number of non-ortho nitro benzene ring substituents is 1. The molecule has 0 bridgehead atoms. The zero-order valence-electron chi connectivity index (χ0n) is 22.4. The minimum Gasteiger partial charge on any atom is -0.370 e. The lowest BCUT2D eigenvalue weighted by Crippen LogP contribution is -2.38. The lowest BCUT2D eigenvalue weighted by molar-refractivity contribution is -0.393. The van der Waals surface area contributed by atoms with E-state index in [4.69, 9.17) is 11.6 Å². The van der Waals surface area contributed by atoms with Crippen LogP contribution in [0.25, 0.3) is 0 Å². The first-order valence-electron chi connectivity index (χ1n) is 12.7. The molecular formula is C27H24ClN7O7. The number of imide groups is 1. The van der Waals surface area contributed by atoms with E-state index in [-0.39, 0.29) is 52.8 Å². The van der Waals surface area contributed by atoms with Crippen LogP contribution >= 0.6 is 11.6 Å². The Morgan fingerprint density at radius 1 is 0.976 bits per heavy atom. The summed E-state index contributed by atoms with van der Waals surface area (Å²) in [7, 11) is 0. The molecule has 0 fully saturated rings. The summed E-state index contributed by atoms with van der Waals surface area (Å²) in [6.45, 7) is 4.46. The number of carbonyl (C=O) groups excluding carboxylic acids is 3. The van der Waals surface area contributed by atoms with Crippen LogP contribution in [0, 0.1) is 20.2 Å². The monoisotopic (exact) mass is 593 g/mol. The summed E-state index contributed by atoms with van der Waals surface area (Å²) in [5, 5.41) is 33.0. The molecule has 0 saturated heterocycles. The van der Waals surface area contributed by atoms with Crippen molar-refractivity contribution in [2.45, 2.75) is 20.3 Å². The van der Waals surface area contributed by atoms with Gasteiger partial charge in [0.15, 0.2) is 5.69 Å². The maximum Gasteiger partial charge on any atom is 0.305 e. The molecule has 0 atom stereocenters. The van der Waals surface area contributed by atoms with Crippen molar-refractivity contribution in [2.24, 2.45) is 10.2 Å². The van der Waals surface area contributed by atoms with Crippen LogP contribution < -0.4 is 10.2 Å². The Bertz CT molecular complexity index is 1610. The Labute approximate surface area is 243 Å². The number of amides is 3. The van der Waals surface area contributed by atoms with Gasteiger partial charge in [0, 0.05) is 37.8 Å². The smallest absolute Gasteiger partial charge is 0.305 e. The van der Waals surface area contributed by atoms with Crippen molar-refractivity contribution in [1.82, 2.24) is 4.90 Å². The lowest BCUT2D eigenvalue weighted by atomic mass is 10.1. The summed E-state index contributed by atoms with van der Waals surface area (Å²) in [6, 6.07) is 13.1. The number of nitrogens with one attached hydrogen (secondary N) is 1. The van der Waals surface area contributed by atoms with Gasteiger partial charge in [0.2, 0.25) is 5.91 Å². The topological polar surface area (TPSA) is 181 Å². The third kappa shape index (κ3) is 6.07. The van der Waals surface area contributed by atoms with E-state index in [0.717, 1.165) is 12.1 Å². The first-order valence-corrected chi connectivity index (χ1v) is 13.1. The molecule has 15 heteroatoms. The quantitative estimate of drug-likeness (QED) is 0.121.